The molecule has 2 rings (SSSR count). The van der Waals surface area contributed by atoms with Gasteiger partial charge in [-0.15, -0.1) is 0 Å². The molecule has 6 nitrogen and oxygen atoms in total. The Morgan fingerprint density at radius 1 is 1.19 bits per heavy atom. The maximum Gasteiger partial charge on any atom is 0.344 e. The lowest BCUT2D eigenvalue weighted by atomic mass is 10.0. The average molecular weight is 358 g/mol. The van der Waals surface area contributed by atoms with E-state index >= 15 is 0 Å². The molecule has 0 unspecified atom stereocenters. The fourth-order valence-corrected chi connectivity index (χ4v) is 2.68. The Morgan fingerprint density at radius 2 is 1.81 bits per heavy atom. The molecule has 0 aliphatic carbocycles. The Morgan fingerprint density at radius 3 is 2.31 bits per heavy atom. The van der Waals surface area contributed by atoms with Gasteiger partial charge in [-0.25, -0.2) is 4.79 Å². The highest BCUT2D eigenvalue weighted by Crippen LogP contribution is 2.21. The first-order valence-electron chi connectivity index (χ1n) is 8.60. The van der Waals surface area contributed by atoms with E-state index in [0.717, 1.165) is 5.56 Å². The van der Waals surface area contributed by atoms with Crippen LogP contribution >= 0.6 is 0 Å². The van der Waals surface area contributed by atoms with Crippen LogP contribution in [0.25, 0.3) is 0 Å². The van der Waals surface area contributed by atoms with Crippen molar-refractivity contribution in [3.8, 4) is 0 Å². The number of aromatic nitrogens is 1. The summed E-state index contributed by atoms with van der Waals surface area (Å²) in [4.78, 5) is 27.1. The van der Waals surface area contributed by atoms with E-state index in [9.17, 15) is 9.59 Å². The van der Waals surface area contributed by atoms with Crippen LogP contribution in [0.5, 0.6) is 0 Å². The Balaban J connectivity index is 2.16. The Bertz CT molecular complexity index is 755. The van der Waals surface area contributed by atoms with Gasteiger partial charge >= 0.3 is 5.97 Å². The highest BCUT2D eigenvalue weighted by atomic mass is 16.5. The van der Waals surface area contributed by atoms with E-state index in [1.807, 2.05) is 51.1 Å². The van der Waals surface area contributed by atoms with Gasteiger partial charge in [0.1, 0.15) is 11.3 Å². The number of carbonyl (C=O) groups excluding carboxylic acids is 2. The molecule has 0 fully saturated rings. The van der Waals surface area contributed by atoms with Crippen molar-refractivity contribution in [2.45, 2.75) is 59.7 Å². The number of hydrogen-bond donors (Lipinski definition) is 0. The summed E-state index contributed by atoms with van der Waals surface area (Å²) in [6.45, 7) is 11.2. The van der Waals surface area contributed by atoms with Gasteiger partial charge in [-0.1, -0.05) is 35.5 Å². The summed E-state index contributed by atoms with van der Waals surface area (Å²) in [5, 5.41) is 3.75. The molecule has 0 aliphatic heterocycles. The quantitative estimate of drug-likeness (QED) is 0.763. The van der Waals surface area contributed by atoms with Crippen LogP contribution in [0.2, 0.25) is 0 Å². The Labute approximate surface area is 154 Å². The van der Waals surface area contributed by atoms with Crippen molar-refractivity contribution in [1.82, 2.24) is 10.1 Å². The maximum absolute atomic E-state index is 13.0. The predicted octanol–water partition coefficient (Wildman–Crippen LogP) is 3.66. The molecule has 2 aromatic rings. The summed E-state index contributed by atoms with van der Waals surface area (Å²) in [7, 11) is 0. The summed E-state index contributed by atoms with van der Waals surface area (Å²) in [5.41, 5.74) is 1.32. The van der Waals surface area contributed by atoms with Gasteiger partial charge in [-0.3, -0.25) is 4.79 Å². The first-order chi connectivity index (χ1) is 12.1. The zero-order valence-corrected chi connectivity index (χ0v) is 16.2. The average Bonchev–Trinajstić information content (AvgIpc) is 2.90. The van der Waals surface area contributed by atoms with Gasteiger partial charge in [0.25, 0.3) is 5.91 Å². The molecule has 1 atom stereocenters. The van der Waals surface area contributed by atoms with Crippen molar-refractivity contribution in [2.75, 3.05) is 0 Å². The third-order valence-electron chi connectivity index (χ3n) is 4.13. The van der Waals surface area contributed by atoms with Gasteiger partial charge in [0.15, 0.2) is 6.10 Å². The molecule has 6 heteroatoms. The van der Waals surface area contributed by atoms with Crippen molar-refractivity contribution in [3.63, 3.8) is 0 Å². The van der Waals surface area contributed by atoms with E-state index in [1.54, 1.807) is 25.7 Å². The van der Waals surface area contributed by atoms with E-state index in [2.05, 4.69) is 5.16 Å². The van der Waals surface area contributed by atoms with Crippen molar-refractivity contribution < 1.29 is 18.8 Å². The van der Waals surface area contributed by atoms with E-state index in [4.69, 9.17) is 9.26 Å². The first-order valence-corrected chi connectivity index (χ1v) is 8.60. The summed E-state index contributed by atoms with van der Waals surface area (Å²) in [6, 6.07) is 9.73. The highest BCUT2D eigenvalue weighted by Gasteiger charge is 2.32. The molecule has 0 radical (unpaired) electrons. The van der Waals surface area contributed by atoms with Crippen molar-refractivity contribution in [2.24, 2.45) is 0 Å². The maximum atomic E-state index is 13.0. The summed E-state index contributed by atoms with van der Waals surface area (Å²) in [6.07, 6.45) is -0.917. The second-order valence-corrected chi connectivity index (χ2v) is 7.33. The lowest BCUT2D eigenvalue weighted by Gasteiger charge is -2.37. The normalized spacial score (nSPS) is 12.5. The van der Waals surface area contributed by atoms with Crippen LogP contribution in [-0.4, -0.2) is 33.6 Å². The summed E-state index contributed by atoms with van der Waals surface area (Å²) >= 11 is 0. The topological polar surface area (TPSA) is 72.6 Å². The third-order valence-corrected chi connectivity index (χ3v) is 4.13. The number of benzene rings is 1. The molecular weight excluding hydrogens is 332 g/mol. The monoisotopic (exact) mass is 358 g/mol. The zero-order valence-electron chi connectivity index (χ0n) is 16.2. The van der Waals surface area contributed by atoms with Crippen LogP contribution in [0, 0.1) is 13.8 Å². The van der Waals surface area contributed by atoms with Gasteiger partial charge in [-0.05, 0) is 47.1 Å². The molecule has 1 aromatic heterocycles. The van der Waals surface area contributed by atoms with Crippen LogP contribution in [0.3, 0.4) is 0 Å². The zero-order chi connectivity index (χ0) is 19.5. The molecule has 0 saturated carbocycles. The lowest BCUT2D eigenvalue weighted by Crippen LogP contribution is -2.49. The number of amides is 1. The fraction of sp³-hybridized carbons (Fsp3) is 0.450. The number of ether oxygens (including phenoxy) is 1. The Kier molecular flexibility index (Phi) is 5.85. The number of rotatable bonds is 5. The van der Waals surface area contributed by atoms with Crippen LogP contribution in [0.4, 0.5) is 0 Å². The second kappa shape index (κ2) is 7.72. The molecule has 1 amide bonds. The van der Waals surface area contributed by atoms with E-state index in [1.165, 1.54) is 0 Å². The van der Waals surface area contributed by atoms with Gasteiger partial charge in [0.05, 0.1) is 5.69 Å². The minimum atomic E-state index is -0.917. The molecule has 0 saturated heterocycles. The van der Waals surface area contributed by atoms with E-state index < -0.39 is 17.6 Å². The van der Waals surface area contributed by atoms with Gasteiger partial charge in [-0.2, -0.15) is 0 Å². The van der Waals surface area contributed by atoms with Gasteiger partial charge < -0.3 is 14.2 Å². The van der Waals surface area contributed by atoms with Gasteiger partial charge in [0.2, 0.25) is 0 Å². The van der Waals surface area contributed by atoms with Crippen LogP contribution in [-0.2, 0) is 16.1 Å². The number of nitrogens with zero attached hydrogens (tertiary/aromatic N) is 2. The molecular formula is C20H26N2O4. The molecule has 140 valence electrons. The standard InChI is InChI=1S/C20H26N2O4/c1-13-17(14(2)26-21-13)19(24)25-15(3)18(23)22(20(4,5)6)12-16-10-8-7-9-11-16/h7-11,15H,12H2,1-6H3/t15-/m0/s1. The molecule has 1 heterocycles. The molecule has 26 heavy (non-hydrogen) atoms. The van der Waals surface area contributed by atoms with Crippen molar-refractivity contribution in [1.29, 1.82) is 0 Å². The molecule has 0 bridgehead atoms. The Hall–Kier alpha value is -2.63. The molecule has 0 N–H and O–H groups in total. The minimum Gasteiger partial charge on any atom is -0.449 e. The predicted molar refractivity (Wildman–Crippen MR) is 97.6 cm³/mol. The van der Waals surface area contributed by atoms with Crippen molar-refractivity contribution in [3.05, 3.63) is 52.9 Å². The number of esters is 1. The molecule has 1 aromatic carbocycles. The summed E-state index contributed by atoms with van der Waals surface area (Å²) in [5.74, 6) is -0.471. The number of aryl methyl sites for hydroxylation is 2. The van der Waals surface area contributed by atoms with Crippen LogP contribution in [0.1, 0.15) is 55.1 Å². The minimum absolute atomic E-state index is 0.249. The lowest BCUT2D eigenvalue weighted by molar-refractivity contribution is -0.145. The van der Waals surface area contributed by atoms with Crippen LogP contribution < -0.4 is 0 Å². The first kappa shape index (κ1) is 19.7. The van der Waals surface area contributed by atoms with E-state index in [-0.39, 0.29) is 11.5 Å². The van der Waals surface area contributed by atoms with E-state index in [0.29, 0.717) is 18.0 Å². The fourth-order valence-electron chi connectivity index (χ4n) is 2.68. The third kappa shape index (κ3) is 4.50. The van der Waals surface area contributed by atoms with Crippen molar-refractivity contribution >= 4 is 11.9 Å². The van der Waals surface area contributed by atoms with Gasteiger partial charge in [0, 0.05) is 12.1 Å². The second-order valence-electron chi connectivity index (χ2n) is 7.33. The van der Waals surface area contributed by atoms with Crippen LogP contribution in [0.15, 0.2) is 34.9 Å². The molecule has 0 spiro atoms. The smallest absolute Gasteiger partial charge is 0.344 e. The largest absolute Gasteiger partial charge is 0.449 e. The number of hydrogen-bond acceptors (Lipinski definition) is 5. The highest BCUT2D eigenvalue weighted by molar-refractivity contribution is 5.94. The summed E-state index contributed by atoms with van der Waals surface area (Å²) < 4.78 is 10.4. The molecule has 0 aliphatic rings. The SMILES string of the molecule is Cc1noc(C)c1C(=O)O[C@@H](C)C(=O)N(Cc1ccccc1)C(C)(C)C. The number of carbonyl (C=O) groups is 2.